The molecule has 1 aliphatic carbocycles. The van der Waals surface area contributed by atoms with Crippen molar-refractivity contribution in [2.24, 2.45) is 4.99 Å². The standard InChI is InChI=1S/C27H23N7O2/c35-26-22(31-27(36)33-26)14-19-16-28-34-24(30-21-12-13-21)15-23(32-25(19)34)29-20-10-8-18(9-11-20)7-6-17-4-2-1-3-5-17/h1-11,14-16,21,29,35H,12-13H2,(H2,31,33,36)/b7-6+,19-14-,30-24?. The van der Waals surface area contributed by atoms with E-state index in [0.29, 0.717) is 28.2 Å². The van der Waals surface area contributed by atoms with E-state index in [1.807, 2.05) is 48.5 Å². The molecule has 4 N–H and O–H groups in total. The number of benzene rings is 2. The molecular formula is C27H23N7O2. The zero-order chi connectivity index (χ0) is 24.5. The van der Waals surface area contributed by atoms with Gasteiger partial charge in [-0.3, -0.25) is 9.98 Å². The van der Waals surface area contributed by atoms with Gasteiger partial charge in [-0.15, -0.1) is 0 Å². The molecule has 2 aromatic carbocycles. The Morgan fingerprint density at radius 3 is 2.47 bits per heavy atom. The van der Waals surface area contributed by atoms with E-state index in [9.17, 15) is 9.90 Å². The summed E-state index contributed by atoms with van der Waals surface area (Å²) in [5.74, 6) is 0.384. The van der Waals surface area contributed by atoms with Crippen molar-refractivity contribution in [2.75, 3.05) is 5.32 Å². The summed E-state index contributed by atoms with van der Waals surface area (Å²) in [6.07, 6.45) is 9.53. The first-order valence-corrected chi connectivity index (χ1v) is 11.7. The molecule has 0 aliphatic heterocycles. The van der Waals surface area contributed by atoms with E-state index in [1.165, 1.54) is 0 Å². The highest BCUT2D eigenvalue weighted by Gasteiger charge is 2.20. The third kappa shape index (κ3) is 4.67. The van der Waals surface area contributed by atoms with E-state index in [2.05, 4.69) is 44.7 Å². The number of anilines is 2. The molecule has 178 valence electrons. The van der Waals surface area contributed by atoms with Gasteiger partial charge in [-0.2, -0.15) is 9.61 Å². The van der Waals surface area contributed by atoms with E-state index >= 15 is 0 Å². The minimum Gasteiger partial charge on any atom is -0.493 e. The van der Waals surface area contributed by atoms with Crippen LogP contribution in [0.5, 0.6) is 5.88 Å². The molecule has 3 heterocycles. The van der Waals surface area contributed by atoms with Crippen LogP contribution in [-0.4, -0.2) is 35.7 Å². The molecule has 9 heteroatoms. The number of aromatic nitrogens is 5. The van der Waals surface area contributed by atoms with Gasteiger partial charge in [0.2, 0.25) is 5.88 Å². The molecule has 0 bridgehead atoms. The van der Waals surface area contributed by atoms with Crippen molar-refractivity contribution in [3.05, 3.63) is 105 Å². The molecule has 0 radical (unpaired) electrons. The fraction of sp³-hybridized carbons (Fsp3) is 0.111. The SMILES string of the molecule is O=c1[nH]c(O)c(/C=c2/cnn3c(=NC4CC4)cc(Nc4ccc(/C=C/c5ccccc5)cc4)nc23)[nH]1. The van der Waals surface area contributed by atoms with Crippen LogP contribution in [0.4, 0.5) is 11.5 Å². The van der Waals surface area contributed by atoms with Gasteiger partial charge in [0.25, 0.3) is 0 Å². The maximum Gasteiger partial charge on any atom is 0.326 e. The van der Waals surface area contributed by atoms with Crippen molar-refractivity contribution in [1.82, 2.24) is 24.6 Å². The third-order valence-corrected chi connectivity index (χ3v) is 5.83. The summed E-state index contributed by atoms with van der Waals surface area (Å²) in [6.45, 7) is 0. The lowest BCUT2D eigenvalue weighted by molar-refractivity contribution is 0.454. The van der Waals surface area contributed by atoms with Gasteiger partial charge in [-0.1, -0.05) is 54.6 Å². The summed E-state index contributed by atoms with van der Waals surface area (Å²) >= 11 is 0. The van der Waals surface area contributed by atoms with Crippen molar-refractivity contribution in [3.63, 3.8) is 0 Å². The molecule has 1 aliphatic rings. The zero-order valence-corrected chi connectivity index (χ0v) is 19.2. The normalized spacial score (nSPS) is 14.8. The lowest BCUT2D eigenvalue weighted by atomic mass is 10.1. The first-order chi connectivity index (χ1) is 17.6. The van der Waals surface area contributed by atoms with Gasteiger partial charge in [-0.25, -0.2) is 9.78 Å². The van der Waals surface area contributed by atoms with Crippen molar-refractivity contribution in [3.8, 4) is 5.88 Å². The van der Waals surface area contributed by atoms with Crippen LogP contribution in [0.1, 0.15) is 29.7 Å². The van der Waals surface area contributed by atoms with E-state index < -0.39 is 5.69 Å². The fourth-order valence-electron chi connectivity index (χ4n) is 3.84. The van der Waals surface area contributed by atoms with Crippen molar-refractivity contribution in [1.29, 1.82) is 0 Å². The monoisotopic (exact) mass is 477 g/mol. The smallest absolute Gasteiger partial charge is 0.326 e. The molecule has 9 nitrogen and oxygen atoms in total. The predicted molar refractivity (Wildman–Crippen MR) is 139 cm³/mol. The average Bonchev–Trinajstić information content (AvgIpc) is 3.52. The van der Waals surface area contributed by atoms with Crippen LogP contribution in [0.3, 0.4) is 0 Å². The Balaban J connectivity index is 1.34. The summed E-state index contributed by atoms with van der Waals surface area (Å²) in [5, 5.41) is 18.4. The molecule has 6 rings (SSSR count). The lowest BCUT2D eigenvalue weighted by Crippen LogP contribution is -2.19. The van der Waals surface area contributed by atoms with E-state index in [0.717, 1.165) is 29.7 Å². The molecule has 0 spiro atoms. The van der Waals surface area contributed by atoms with Gasteiger partial charge < -0.3 is 15.4 Å². The number of nitrogens with zero attached hydrogens (tertiary/aromatic N) is 4. The van der Waals surface area contributed by atoms with E-state index in [-0.39, 0.29) is 11.6 Å². The summed E-state index contributed by atoms with van der Waals surface area (Å²) in [6, 6.07) is 20.4. The number of aromatic hydroxyl groups is 1. The molecule has 0 saturated heterocycles. The van der Waals surface area contributed by atoms with Gasteiger partial charge >= 0.3 is 5.69 Å². The van der Waals surface area contributed by atoms with Crippen molar-refractivity contribution >= 4 is 35.4 Å². The maximum absolute atomic E-state index is 11.5. The molecule has 1 fully saturated rings. The number of rotatable bonds is 6. The second kappa shape index (κ2) is 9.03. The van der Waals surface area contributed by atoms with Crippen molar-refractivity contribution in [2.45, 2.75) is 18.9 Å². The molecule has 36 heavy (non-hydrogen) atoms. The topological polar surface area (TPSA) is 123 Å². The molecule has 1 saturated carbocycles. The molecule has 0 unspecified atom stereocenters. The highest BCUT2D eigenvalue weighted by Crippen LogP contribution is 2.23. The van der Waals surface area contributed by atoms with Gasteiger partial charge in [0, 0.05) is 17.0 Å². The fourth-order valence-corrected chi connectivity index (χ4v) is 3.84. The molecule has 0 amide bonds. The van der Waals surface area contributed by atoms with Gasteiger partial charge in [0.15, 0.2) is 11.1 Å². The Kier molecular flexibility index (Phi) is 5.42. The number of aromatic amines is 2. The van der Waals surface area contributed by atoms with Crippen LogP contribution in [0.2, 0.25) is 0 Å². The van der Waals surface area contributed by atoms with Gasteiger partial charge in [0.1, 0.15) is 11.5 Å². The second-order valence-corrected chi connectivity index (χ2v) is 8.67. The summed E-state index contributed by atoms with van der Waals surface area (Å²) in [7, 11) is 0. The number of imidazole rings is 1. The quantitative estimate of drug-likeness (QED) is 0.280. The van der Waals surface area contributed by atoms with Crippen LogP contribution in [0.15, 0.2) is 76.6 Å². The Hall–Kier alpha value is -4.92. The van der Waals surface area contributed by atoms with Gasteiger partial charge in [0.05, 0.1) is 12.2 Å². The number of hydrogen-bond donors (Lipinski definition) is 4. The third-order valence-electron chi connectivity index (χ3n) is 5.83. The second-order valence-electron chi connectivity index (χ2n) is 8.67. The molecule has 3 aromatic heterocycles. The largest absolute Gasteiger partial charge is 0.493 e. The first-order valence-electron chi connectivity index (χ1n) is 11.7. The van der Waals surface area contributed by atoms with E-state index in [4.69, 9.17) is 9.98 Å². The number of hydrogen-bond acceptors (Lipinski definition) is 6. The zero-order valence-electron chi connectivity index (χ0n) is 19.2. The molecular weight excluding hydrogens is 454 g/mol. The number of fused-ring (bicyclic) bond motifs is 1. The van der Waals surface area contributed by atoms with Crippen LogP contribution in [0, 0.1) is 0 Å². The van der Waals surface area contributed by atoms with Crippen LogP contribution < -0.4 is 21.7 Å². The number of nitrogens with one attached hydrogen (secondary N) is 3. The van der Waals surface area contributed by atoms with Crippen LogP contribution in [0.25, 0.3) is 23.9 Å². The Labute approximate surface area is 205 Å². The van der Waals surface area contributed by atoms with E-state index in [1.54, 1.807) is 16.8 Å². The highest BCUT2D eigenvalue weighted by molar-refractivity contribution is 5.71. The molecule has 0 atom stereocenters. The maximum atomic E-state index is 11.5. The Morgan fingerprint density at radius 1 is 1.03 bits per heavy atom. The summed E-state index contributed by atoms with van der Waals surface area (Å²) < 4.78 is 1.68. The predicted octanol–water partition coefficient (Wildman–Crippen LogP) is 2.98. The highest BCUT2D eigenvalue weighted by atomic mass is 16.3. The van der Waals surface area contributed by atoms with Gasteiger partial charge in [-0.05, 0) is 42.2 Å². The minimum absolute atomic E-state index is 0.238. The Bertz CT molecular complexity index is 1740. The first kappa shape index (κ1) is 21.6. The van der Waals surface area contributed by atoms with Crippen LogP contribution >= 0.6 is 0 Å². The molecule has 5 aromatic rings. The minimum atomic E-state index is -0.489. The van der Waals surface area contributed by atoms with Crippen LogP contribution in [-0.2, 0) is 0 Å². The average molecular weight is 478 g/mol. The lowest BCUT2D eigenvalue weighted by Gasteiger charge is -2.07. The summed E-state index contributed by atoms with van der Waals surface area (Å²) in [4.78, 5) is 25.9. The Morgan fingerprint density at radius 2 is 1.78 bits per heavy atom. The number of H-pyrrole nitrogens is 2. The van der Waals surface area contributed by atoms with Crippen molar-refractivity contribution < 1.29 is 5.11 Å². The summed E-state index contributed by atoms with van der Waals surface area (Å²) in [5.41, 5.74) is 4.15.